The molecule has 0 atom stereocenters. The summed E-state index contributed by atoms with van der Waals surface area (Å²) in [5.41, 5.74) is 0.999. The Kier molecular flexibility index (Phi) is 6.13. The van der Waals surface area contributed by atoms with Gasteiger partial charge in [0.2, 0.25) is 10.0 Å². The van der Waals surface area contributed by atoms with Gasteiger partial charge in [-0.2, -0.15) is 4.31 Å². The van der Waals surface area contributed by atoms with Crippen LogP contribution in [0.1, 0.15) is 24.8 Å². The molecule has 0 aliphatic carbocycles. The number of carbonyl (C=O) groups is 1. The van der Waals surface area contributed by atoms with Gasteiger partial charge in [0, 0.05) is 42.7 Å². The summed E-state index contributed by atoms with van der Waals surface area (Å²) in [6, 6.07) is 5.56. The lowest BCUT2D eigenvalue weighted by molar-refractivity contribution is -0.380. The molecule has 1 aromatic carbocycles. The van der Waals surface area contributed by atoms with Gasteiger partial charge >= 0.3 is 16.7 Å². The zero-order valence-electron chi connectivity index (χ0n) is 16.8. The lowest BCUT2D eigenvalue weighted by atomic mass is 10.3. The molecule has 0 radical (unpaired) electrons. The zero-order chi connectivity index (χ0) is 22.9. The number of aryl methyl sites for hydroxylation is 1. The Balaban J connectivity index is 1.42. The number of nitrogens with zero attached hydrogens (tertiary/aromatic N) is 3. The molecule has 3 heterocycles. The highest BCUT2D eigenvalue weighted by Crippen LogP contribution is 2.25. The van der Waals surface area contributed by atoms with Gasteiger partial charge in [0.15, 0.2) is 5.58 Å². The summed E-state index contributed by atoms with van der Waals surface area (Å²) < 4.78 is 38.4. The number of nitro groups is 1. The SMILES string of the molecule is O=C(CCn1c(=O)oc2cc(S(=O)(=O)N3CCCC3)ccc21)OCc1csc([N+](=O)[O-])c1. The molecule has 170 valence electrons. The molecule has 13 heteroatoms. The number of carbonyl (C=O) groups excluding carboxylic acids is 1. The molecule has 11 nitrogen and oxygen atoms in total. The van der Waals surface area contributed by atoms with E-state index in [2.05, 4.69) is 0 Å². The van der Waals surface area contributed by atoms with Crippen molar-refractivity contribution in [1.29, 1.82) is 0 Å². The molecule has 0 saturated carbocycles. The number of esters is 1. The first-order valence-corrected chi connectivity index (χ1v) is 12.1. The van der Waals surface area contributed by atoms with Crippen LogP contribution in [0.5, 0.6) is 0 Å². The number of hydrogen-bond acceptors (Lipinski definition) is 9. The molecule has 0 amide bonds. The van der Waals surface area contributed by atoms with E-state index in [0.29, 0.717) is 24.2 Å². The molecular weight excluding hydrogens is 462 g/mol. The van der Waals surface area contributed by atoms with Gasteiger partial charge in [-0.25, -0.2) is 13.2 Å². The van der Waals surface area contributed by atoms with E-state index in [-0.39, 0.29) is 35.1 Å². The average molecular weight is 482 g/mol. The van der Waals surface area contributed by atoms with Crippen molar-refractivity contribution in [2.75, 3.05) is 13.1 Å². The van der Waals surface area contributed by atoms with Gasteiger partial charge in [-0.05, 0) is 25.0 Å². The minimum Gasteiger partial charge on any atom is -0.461 e. The maximum Gasteiger partial charge on any atom is 0.419 e. The van der Waals surface area contributed by atoms with Crippen molar-refractivity contribution >= 4 is 43.4 Å². The number of oxazole rings is 1. The van der Waals surface area contributed by atoms with Crippen molar-refractivity contribution in [3.63, 3.8) is 0 Å². The van der Waals surface area contributed by atoms with Crippen LogP contribution in [0.3, 0.4) is 0 Å². The minimum atomic E-state index is -3.65. The number of benzene rings is 1. The van der Waals surface area contributed by atoms with Gasteiger partial charge < -0.3 is 9.15 Å². The van der Waals surface area contributed by atoms with Crippen molar-refractivity contribution in [1.82, 2.24) is 8.87 Å². The highest BCUT2D eigenvalue weighted by atomic mass is 32.2. The van der Waals surface area contributed by atoms with Gasteiger partial charge in [-0.1, -0.05) is 11.3 Å². The van der Waals surface area contributed by atoms with E-state index in [1.54, 1.807) is 0 Å². The third-order valence-electron chi connectivity index (χ3n) is 5.10. The standard InChI is InChI=1S/C19H19N3O8S2/c23-18(29-11-13-9-17(22(25)26)31-12-13)5-8-21-15-4-3-14(10-16(15)30-19(21)24)32(27,28)20-6-1-2-7-20/h3-4,9-10,12H,1-2,5-8,11H2. The molecule has 1 aliphatic heterocycles. The fraction of sp³-hybridized carbons (Fsp3) is 0.368. The summed E-state index contributed by atoms with van der Waals surface area (Å²) in [5.74, 6) is -1.30. The van der Waals surface area contributed by atoms with Crippen LogP contribution < -0.4 is 5.76 Å². The molecule has 0 bridgehead atoms. The number of aromatic nitrogens is 1. The smallest absolute Gasteiger partial charge is 0.419 e. The van der Waals surface area contributed by atoms with E-state index in [1.165, 1.54) is 38.5 Å². The molecular formula is C19H19N3O8S2. The Morgan fingerprint density at radius 2 is 2.00 bits per heavy atom. The average Bonchev–Trinajstić information content (AvgIpc) is 3.50. The quantitative estimate of drug-likeness (QED) is 0.271. The van der Waals surface area contributed by atoms with Crippen LogP contribution in [-0.2, 0) is 32.7 Å². The van der Waals surface area contributed by atoms with Crippen LogP contribution in [0.4, 0.5) is 5.00 Å². The Morgan fingerprint density at radius 3 is 2.69 bits per heavy atom. The van der Waals surface area contributed by atoms with Gasteiger partial charge in [0.25, 0.3) is 0 Å². The van der Waals surface area contributed by atoms with Gasteiger partial charge in [0.05, 0.1) is 21.8 Å². The first kappa shape index (κ1) is 22.2. The van der Waals surface area contributed by atoms with Gasteiger partial charge in [-0.15, -0.1) is 0 Å². The third kappa shape index (κ3) is 4.45. The van der Waals surface area contributed by atoms with Crippen LogP contribution in [0.2, 0.25) is 0 Å². The summed E-state index contributed by atoms with van der Waals surface area (Å²) in [7, 11) is -3.65. The molecule has 0 N–H and O–H groups in total. The summed E-state index contributed by atoms with van der Waals surface area (Å²) in [5, 5.41) is 12.2. The first-order valence-electron chi connectivity index (χ1n) is 9.76. The Labute approximate surface area is 186 Å². The predicted molar refractivity (Wildman–Crippen MR) is 114 cm³/mol. The van der Waals surface area contributed by atoms with E-state index >= 15 is 0 Å². The topological polar surface area (TPSA) is 142 Å². The molecule has 1 fully saturated rings. The summed E-state index contributed by atoms with van der Waals surface area (Å²) >= 11 is 0.941. The zero-order valence-corrected chi connectivity index (χ0v) is 18.4. The van der Waals surface area contributed by atoms with Crippen LogP contribution in [-0.4, -0.2) is 41.3 Å². The van der Waals surface area contributed by atoms with Crippen molar-refractivity contribution in [3.05, 3.63) is 55.9 Å². The highest BCUT2D eigenvalue weighted by Gasteiger charge is 2.28. The second kappa shape index (κ2) is 8.84. The fourth-order valence-corrected chi connectivity index (χ4v) is 5.72. The lowest BCUT2D eigenvalue weighted by Gasteiger charge is -2.15. The van der Waals surface area contributed by atoms with Crippen molar-refractivity contribution in [2.45, 2.75) is 37.3 Å². The third-order valence-corrected chi connectivity index (χ3v) is 7.93. The van der Waals surface area contributed by atoms with Crippen LogP contribution in [0, 0.1) is 10.1 Å². The van der Waals surface area contributed by atoms with Crippen molar-refractivity contribution in [3.8, 4) is 0 Å². The molecule has 2 aromatic heterocycles. The lowest BCUT2D eigenvalue weighted by Crippen LogP contribution is -2.27. The Bertz CT molecular complexity index is 1330. The van der Waals surface area contributed by atoms with E-state index < -0.39 is 26.7 Å². The van der Waals surface area contributed by atoms with Gasteiger partial charge in [0.1, 0.15) is 6.61 Å². The van der Waals surface area contributed by atoms with Crippen LogP contribution in [0.25, 0.3) is 11.1 Å². The molecule has 1 aliphatic rings. The second-order valence-corrected chi connectivity index (χ2v) is 10.0. The van der Waals surface area contributed by atoms with E-state index in [9.17, 15) is 28.1 Å². The van der Waals surface area contributed by atoms with Crippen molar-refractivity contribution < 1.29 is 27.3 Å². The second-order valence-electron chi connectivity index (χ2n) is 7.22. The number of rotatable bonds is 8. The van der Waals surface area contributed by atoms with Crippen LogP contribution in [0.15, 0.2) is 43.8 Å². The van der Waals surface area contributed by atoms with Crippen LogP contribution >= 0.6 is 11.3 Å². The molecule has 4 rings (SSSR count). The highest BCUT2D eigenvalue weighted by molar-refractivity contribution is 7.89. The normalized spacial score (nSPS) is 14.8. The molecule has 0 spiro atoms. The Hall–Kier alpha value is -3.03. The molecule has 1 saturated heterocycles. The van der Waals surface area contributed by atoms with Gasteiger partial charge in [-0.3, -0.25) is 19.5 Å². The summed E-state index contributed by atoms with van der Waals surface area (Å²) in [6.45, 7) is 0.799. The number of ether oxygens (including phenoxy) is 1. The van der Waals surface area contributed by atoms with E-state index in [1.807, 2.05) is 0 Å². The fourth-order valence-electron chi connectivity index (χ4n) is 3.47. The number of hydrogen-bond donors (Lipinski definition) is 0. The Morgan fingerprint density at radius 1 is 1.25 bits per heavy atom. The number of thiophene rings is 1. The monoisotopic (exact) mass is 481 g/mol. The predicted octanol–water partition coefficient (Wildman–Crippen LogP) is 2.48. The number of fused-ring (bicyclic) bond motifs is 1. The number of sulfonamides is 1. The maximum atomic E-state index is 12.7. The molecule has 0 unspecified atom stereocenters. The van der Waals surface area contributed by atoms with E-state index in [0.717, 1.165) is 24.2 Å². The largest absolute Gasteiger partial charge is 0.461 e. The maximum absolute atomic E-state index is 12.7. The minimum absolute atomic E-state index is 0.0212. The molecule has 32 heavy (non-hydrogen) atoms. The summed E-state index contributed by atoms with van der Waals surface area (Å²) in [6.07, 6.45) is 1.49. The summed E-state index contributed by atoms with van der Waals surface area (Å²) in [4.78, 5) is 34.5. The first-order chi connectivity index (χ1) is 15.3. The molecule has 3 aromatic rings. The van der Waals surface area contributed by atoms with Crippen molar-refractivity contribution in [2.24, 2.45) is 0 Å². The van der Waals surface area contributed by atoms with E-state index in [4.69, 9.17) is 9.15 Å².